The van der Waals surface area contributed by atoms with Gasteiger partial charge >= 0.3 is 0 Å². The number of benzene rings is 1. The number of nitrogens with zero attached hydrogens (tertiary/aromatic N) is 5. The van der Waals surface area contributed by atoms with Crippen LogP contribution in [0.15, 0.2) is 28.1 Å². The van der Waals surface area contributed by atoms with Crippen LogP contribution in [0.3, 0.4) is 0 Å². The highest BCUT2D eigenvalue weighted by Gasteiger charge is 2.28. The average molecular weight is 516 g/mol. The summed E-state index contributed by atoms with van der Waals surface area (Å²) in [5, 5.41) is 15.7. The van der Waals surface area contributed by atoms with Gasteiger partial charge < -0.3 is 10.0 Å². The summed E-state index contributed by atoms with van der Waals surface area (Å²) in [4.78, 5) is 7.55. The Bertz CT molecular complexity index is 1110. The summed E-state index contributed by atoms with van der Waals surface area (Å²) in [6.45, 7) is 2.33. The molecule has 1 aliphatic carbocycles. The van der Waals surface area contributed by atoms with E-state index in [0.29, 0.717) is 23.2 Å². The second-order valence-electron chi connectivity index (χ2n) is 8.75. The van der Waals surface area contributed by atoms with Gasteiger partial charge in [0.2, 0.25) is 14.8 Å². The maximum absolute atomic E-state index is 13.4. The molecule has 1 aromatic carbocycles. The van der Waals surface area contributed by atoms with Crippen molar-refractivity contribution in [2.45, 2.75) is 56.1 Å². The van der Waals surface area contributed by atoms with E-state index in [2.05, 4.69) is 5.10 Å². The summed E-state index contributed by atoms with van der Waals surface area (Å²) in [5.74, 6) is 0. The number of aliphatic hydroxyl groups is 1. The van der Waals surface area contributed by atoms with Gasteiger partial charge in [-0.1, -0.05) is 55.2 Å². The normalized spacial score (nSPS) is 17.3. The van der Waals surface area contributed by atoms with Crippen molar-refractivity contribution in [2.75, 3.05) is 33.7 Å². The average Bonchev–Trinajstić information content (AvgIpc) is 3.12. The lowest BCUT2D eigenvalue weighted by molar-refractivity contribution is 0.115. The van der Waals surface area contributed by atoms with Crippen LogP contribution in [0.4, 0.5) is 0 Å². The molecule has 0 bridgehead atoms. The van der Waals surface area contributed by atoms with Crippen LogP contribution < -0.4 is 4.80 Å². The number of rotatable bonds is 9. The molecular weight excluding hydrogens is 482 g/mol. The predicted molar refractivity (Wildman–Crippen MR) is 133 cm³/mol. The number of aryl methyl sites for hydroxylation is 1. The molecule has 11 heteroatoms. The van der Waals surface area contributed by atoms with Crippen molar-refractivity contribution in [3.63, 3.8) is 0 Å². The standard InChI is InChI=1S/C22H34ClN5O3S2/c1-5-28(15-18(29)14-26(2)3)33(30,31)20-13-16(11-12-19(20)23)21-25-27(4)22(32-21)24-17-9-7-6-8-10-17/h11-13,17-18,29H,5-10,14-15H2,1-4H3/b24-22+. The van der Waals surface area contributed by atoms with Crippen molar-refractivity contribution < 1.29 is 13.5 Å². The Morgan fingerprint density at radius 2 is 1.97 bits per heavy atom. The van der Waals surface area contributed by atoms with Gasteiger partial charge in [0, 0.05) is 32.2 Å². The minimum atomic E-state index is -3.90. The van der Waals surface area contributed by atoms with E-state index in [1.54, 1.807) is 29.8 Å². The molecule has 2 aromatic rings. The molecule has 1 heterocycles. The Morgan fingerprint density at radius 1 is 1.27 bits per heavy atom. The van der Waals surface area contributed by atoms with Crippen molar-refractivity contribution in [1.29, 1.82) is 0 Å². The van der Waals surface area contributed by atoms with Crippen LogP contribution in [0.2, 0.25) is 5.02 Å². The Balaban J connectivity index is 1.92. The molecule has 1 saturated carbocycles. The lowest BCUT2D eigenvalue weighted by atomic mass is 9.96. The third-order valence-electron chi connectivity index (χ3n) is 5.71. The van der Waals surface area contributed by atoms with E-state index < -0.39 is 16.1 Å². The second-order valence-corrected chi connectivity index (χ2v) is 12.0. The van der Waals surface area contributed by atoms with Crippen LogP contribution in [-0.2, 0) is 17.1 Å². The lowest BCUT2D eigenvalue weighted by Gasteiger charge is -2.25. The van der Waals surface area contributed by atoms with Gasteiger partial charge in [-0.3, -0.25) is 4.99 Å². The summed E-state index contributed by atoms with van der Waals surface area (Å²) < 4.78 is 29.8. The molecule has 0 amide bonds. The SMILES string of the molecule is CCN(CC(O)CN(C)C)S(=O)(=O)c1cc(-c2nn(C)/c(=N\C3CCCCC3)s2)ccc1Cl. The summed E-state index contributed by atoms with van der Waals surface area (Å²) in [6.07, 6.45) is 5.08. The first kappa shape index (κ1) is 26.3. The zero-order valence-electron chi connectivity index (χ0n) is 19.7. The highest BCUT2D eigenvalue weighted by Crippen LogP contribution is 2.30. The number of likely N-dealkylation sites (N-methyl/N-ethyl adjacent to an activating group) is 2. The minimum Gasteiger partial charge on any atom is -0.390 e. The topological polar surface area (TPSA) is 91.0 Å². The fraction of sp³-hybridized carbons (Fsp3) is 0.636. The van der Waals surface area contributed by atoms with Crippen molar-refractivity contribution >= 4 is 33.0 Å². The monoisotopic (exact) mass is 515 g/mol. The largest absolute Gasteiger partial charge is 0.390 e. The number of aromatic nitrogens is 2. The lowest BCUT2D eigenvalue weighted by Crippen LogP contribution is -2.41. The molecule has 8 nitrogen and oxygen atoms in total. The minimum absolute atomic E-state index is 0.00576. The van der Waals surface area contributed by atoms with Crippen molar-refractivity contribution in [1.82, 2.24) is 19.0 Å². The number of hydrogen-bond donors (Lipinski definition) is 1. The molecule has 0 spiro atoms. The second kappa shape index (κ2) is 11.4. The van der Waals surface area contributed by atoms with Gasteiger partial charge in [-0.2, -0.15) is 9.40 Å². The number of sulfonamides is 1. The molecule has 1 fully saturated rings. The highest BCUT2D eigenvalue weighted by atomic mass is 35.5. The molecule has 3 rings (SSSR count). The van der Waals surface area contributed by atoms with Gasteiger partial charge in [0.1, 0.15) is 9.90 Å². The third kappa shape index (κ3) is 6.64. The Hall–Kier alpha value is -1.30. The Labute approximate surface area is 205 Å². The first-order valence-corrected chi connectivity index (χ1v) is 14.0. The van der Waals surface area contributed by atoms with Crippen LogP contribution >= 0.6 is 22.9 Å². The predicted octanol–water partition coefficient (Wildman–Crippen LogP) is 2.97. The molecular formula is C22H34ClN5O3S2. The van der Waals surface area contributed by atoms with Crippen molar-refractivity contribution in [3.05, 3.63) is 28.0 Å². The zero-order valence-corrected chi connectivity index (χ0v) is 22.1. The van der Waals surface area contributed by atoms with Crippen molar-refractivity contribution in [3.8, 4) is 10.6 Å². The molecule has 1 aliphatic rings. The third-order valence-corrected chi connectivity index (χ3v) is 9.20. The molecule has 0 aliphatic heterocycles. The van der Waals surface area contributed by atoms with Crippen LogP contribution in [0, 0.1) is 0 Å². The van der Waals surface area contributed by atoms with Crippen LogP contribution in [0.1, 0.15) is 39.0 Å². The Morgan fingerprint density at radius 3 is 2.61 bits per heavy atom. The zero-order chi connectivity index (χ0) is 24.2. The molecule has 1 unspecified atom stereocenters. The summed E-state index contributed by atoms with van der Waals surface area (Å²) in [7, 11) is 1.62. The molecule has 1 aromatic heterocycles. The molecule has 0 radical (unpaired) electrons. The van der Waals surface area contributed by atoms with Gasteiger partial charge in [0.25, 0.3) is 0 Å². The van der Waals surface area contributed by atoms with Crippen LogP contribution in [0.25, 0.3) is 10.6 Å². The fourth-order valence-corrected chi connectivity index (χ4v) is 6.97. The summed E-state index contributed by atoms with van der Waals surface area (Å²) >= 11 is 7.79. The summed E-state index contributed by atoms with van der Waals surface area (Å²) in [5.41, 5.74) is 0.675. The first-order chi connectivity index (χ1) is 15.6. The summed E-state index contributed by atoms with van der Waals surface area (Å²) in [6, 6.07) is 5.27. The van der Waals surface area contributed by atoms with Gasteiger partial charge in [-0.05, 0) is 39.1 Å². The molecule has 184 valence electrons. The number of hydrogen-bond acceptors (Lipinski definition) is 7. The Kier molecular flexibility index (Phi) is 9.10. The maximum atomic E-state index is 13.4. The van der Waals surface area contributed by atoms with Crippen LogP contribution in [-0.4, -0.2) is 78.4 Å². The van der Waals surface area contributed by atoms with Crippen molar-refractivity contribution in [2.24, 2.45) is 12.0 Å². The quantitative estimate of drug-likeness (QED) is 0.554. The van der Waals surface area contributed by atoms with E-state index in [4.69, 9.17) is 16.6 Å². The number of halogens is 1. The van der Waals surface area contributed by atoms with E-state index in [9.17, 15) is 13.5 Å². The van der Waals surface area contributed by atoms with Gasteiger partial charge in [-0.15, -0.1) is 0 Å². The van der Waals surface area contributed by atoms with Gasteiger partial charge in [0.05, 0.1) is 17.2 Å². The fourth-order valence-electron chi connectivity index (χ4n) is 4.03. The van der Waals surface area contributed by atoms with E-state index in [1.807, 2.05) is 26.0 Å². The smallest absolute Gasteiger partial charge is 0.244 e. The molecule has 1 atom stereocenters. The van der Waals surface area contributed by atoms with E-state index in [0.717, 1.165) is 17.6 Å². The van der Waals surface area contributed by atoms with E-state index in [1.165, 1.54) is 34.9 Å². The maximum Gasteiger partial charge on any atom is 0.244 e. The van der Waals surface area contributed by atoms with E-state index >= 15 is 0 Å². The van der Waals surface area contributed by atoms with E-state index in [-0.39, 0.29) is 23.0 Å². The molecule has 33 heavy (non-hydrogen) atoms. The molecule has 0 saturated heterocycles. The first-order valence-electron chi connectivity index (χ1n) is 11.3. The molecule has 1 N–H and O–H groups in total. The van der Waals surface area contributed by atoms with Crippen LogP contribution in [0.5, 0.6) is 0 Å². The highest BCUT2D eigenvalue weighted by molar-refractivity contribution is 7.89. The van der Waals surface area contributed by atoms with Gasteiger partial charge in [0.15, 0.2) is 0 Å². The van der Waals surface area contributed by atoms with Gasteiger partial charge in [-0.25, -0.2) is 13.1 Å². The number of aliphatic hydroxyl groups excluding tert-OH is 1.